The van der Waals surface area contributed by atoms with Gasteiger partial charge in [0, 0.05) is 45.8 Å². The van der Waals surface area contributed by atoms with Crippen molar-refractivity contribution in [1.82, 2.24) is 14.7 Å². The molecule has 2 rings (SSSR count). The molecule has 1 aliphatic heterocycles. The van der Waals surface area contributed by atoms with Crippen molar-refractivity contribution < 1.29 is 9.59 Å². The Hall–Kier alpha value is -2.04. The minimum atomic E-state index is 0.00776. The fourth-order valence-corrected chi connectivity index (χ4v) is 2.58. The highest BCUT2D eigenvalue weighted by molar-refractivity contribution is 5.94. The molecule has 1 aromatic carbocycles. The van der Waals surface area contributed by atoms with Crippen LogP contribution in [0.4, 0.5) is 4.79 Å². The second-order valence-electron chi connectivity index (χ2n) is 6.23. The lowest BCUT2D eigenvalue weighted by Gasteiger charge is -2.36. The third kappa shape index (κ3) is 3.59. The van der Waals surface area contributed by atoms with Crippen LogP contribution in [0.5, 0.6) is 0 Å². The van der Waals surface area contributed by atoms with E-state index in [1.165, 1.54) is 5.56 Å². The normalized spacial score (nSPS) is 15.1. The van der Waals surface area contributed by atoms with Gasteiger partial charge in [-0.1, -0.05) is 26.0 Å². The largest absolute Gasteiger partial charge is 0.335 e. The van der Waals surface area contributed by atoms with Crippen molar-refractivity contribution in [3.8, 4) is 0 Å². The highest BCUT2D eigenvalue weighted by Crippen LogP contribution is 2.16. The molecule has 0 radical (unpaired) electrons. The predicted molar refractivity (Wildman–Crippen MR) is 87.1 cm³/mol. The van der Waals surface area contributed by atoms with Gasteiger partial charge in [-0.2, -0.15) is 0 Å². The van der Waals surface area contributed by atoms with Crippen molar-refractivity contribution >= 4 is 11.9 Å². The maximum atomic E-state index is 12.5. The summed E-state index contributed by atoms with van der Waals surface area (Å²) < 4.78 is 0. The van der Waals surface area contributed by atoms with E-state index >= 15 is 0 Å². The number of nitrogens with zero attached hydrogens (tertiary/aromatic N) is 3. The third-order valence-electron chi connectivity index (χ3n) is 4.04. The number of amides is 3. The van der Waals surface area contributed by atoms with Gasteiger partial charge in [-0.05, 0) is 23.6 Å². The third-order valence-corrected chi connectivity index (χ3v) is 4.04. The molecule has 0 N–H and O–H groups in total. The molecule has 5 nitrogen and oxygen atoms in total. The number of carbonyl (C=O) groups is 2. The number of benzene rings is 1. The first-order chi connectivity index (χ1) is 10.4. The number of hydrogen-bond acceptors (Lipinski definition) is 2. The molecule has 0 aromatic heterocycles. The molecule has 0 spiro atoms. The molecule has 3 amide bonds. The second kappa shape index (κ2) is 6.81. The van der Waals surface area contributed by atoms with Gasteiger partial charge in [0.15, 0.2) is 0 Å². The van der Waals surface area contributed by atoms with Crippen LogP contribution in [0.15, 0.2) is 24.3 Å². The van der Waals surface area contributed by atoms with Crippen molar-refractivity contribution in [3.05, 3.63) is 35.4 Å². The Kier molecular flexibility index (Phi) is 5.06. The lowest BCUT2D eigenvalue weighted by Crippen LogP contribution is -2.52. The molecule has 5 heteroatoms. The van der Waals surface area contributed by atoms with E-state index < -0.39 is 0 Å². The Bertz CT molecular complexity index is 529. The average Bonchev–Trinajstić information content (AvgIpc) is 2.53. The number of rotatable bonds is 2. The van der Waals surface area contributed by atoms with Crippen molar-refractivity contribution in [3.63, 3.8) is 0 Å². The monoisotopic (exact) mass is 303 g/mol. The van der Waals surface area contributed by atoms with Crippen molar-refractivity contribution in [1.29, 1.82) is 0 Å². The highest BCUT2D eigenvalue weighted by Gasteiger charge is 2.25. The Morgan fingerprint density at radius 2 is 1.45 bits per heavy atom. The smallest absolute Gasteiger partial charge is 0.319 e. The minimum Gasteiger partial charge on any atom is -0.335 e. The quantitative estimate of drug-likeness (QED) is 0.841. The van der Waals surface area contributed by atoms with Crippen LogP contribution in [-0.4, -0.2) is 66.9 Å². The second-order valence-corrected chi connectivity index (χ2v) is 6.23. The van der Waals surface area contributed by atoms with E-state index in [4.69, 9.17) is 0 Å². The van der Waals surface area contributed by atoms with Crippen molar-refractivity contribution in [2.45, 2.75) is 19.8 Å². The van der Waals surface area contributed by atoms with Crippen LogP contribution in [0.1, 0.15) is 35.7 Å². The van der Waals surface area contributed by atoms with E-state index in [0.29, 0.717) is 32.1 Å². The van der Waals surface area contributed by atoms with Crippen molar-refractivity contribution in [2.24, 2.45) is 0 Å². The van der Waals surface area contributed by atoms with Crippen LogP contribution in [-0.2, 0) is 0 Å². The van der Waals surface area contributed by atoms with Gasteiger partial charge in [-0.25, -0.2) is 4.79 Å². The van der Waals surface area contributed by atoms with Crippen molar-refractivity contribution in [2.75, 3.05) is 40.3 Å². The lowest BCUT2D eigenvalue weighted by atomic mass is 10.0. The first-order valence-electron chi connectivity index (χ1n) is 7.75. The Balaban J connectivity index is 1.96. The Morgan fingerprint density at radius 1 is 0.955 bits per heavy atom. The fraction of sp³-hybridized carbons (Fsp3) is 0.529. The molecule has 0 unspecified atom stereocenters. The summed E-state index contributed by atoms with van der Waals surface area (Å²) in [5.41, 5.74) is 1.95. The molecule has 1 fully saturated rings. The van der Waals surface area contributed by atoms with E-state index in [2.05, 4.69) is 13.8 Å². The van der Waals surface area contributed by atoms with E-state index in [0.717, 1.165) is 5.56 Å². The molecule has 0 saturated carbocycles. The van der Waals surface area contributed by atoms with Gasteiger partial charge in [0.1, 0.15) is 0 Å². The molecule has 1 aromatic rings. The van der Waals surface area contributed by atoms with E-state index in [-0.39, 0.29) is 11.9 Å². The molecule has 120 valence electrons. The van der Waals surface area contributed by atoms with E-state index in [1.54, 1.807) is 23.9 Å². The van der Waals surface area contributed by atoms with Gasteiger partial charge in [0.05, 0.1) is 0 Å². The lowest BCUT2D eigenvalue weighted by molar-refractivity contribution is 0.0650. The molecule has 1 saturated heterocycles. The van der Waals surface area contributed by atoms with E-state index in [9.17, 15) is 9.59 Å². The van der Waals surface area contributed by atoms with Crippen LogP contribution in [0.25, 0.3) is 0 Å². The van der Waals surface area contributed by atoms with Gasteiger partial charge in [0.2, 0.25) is 0 Å². The maximum Gasteiger partial charge on any atom is 0.319 e. The fourth-order valence-electron chi connectivity index (χ4n) is 2.58. The molecule has 0 aliphatic carbocycles. The Morgan fingerprint density at radius 3 is 1.91 bits per heavy atom. The minimum absolute atomic E-state index is 0.00776. The van der Waals surface area contributed by atoms with Crippen LogP contribution >= 0.6 is 0 Å². The van der Waals surface area contributed by atoms with Crippen LogP contribution < -0.4 is 0 Å². The first-order valence-corrected chi connectivity index (χ1v) is 7.75. The zero-order valence-electron chi connectivity index (χ0n) is 13.9. The number of hydrogen-bond donors (Lipinski definition) is 0. The average molecular weight is 303 g/mol. The standard InChI is InChI=1S/C17H25N3O2/c1-13(2)14-5-7-15(8-6-14)16(21)19-9-11-20(12-10-19)17(22)18(3)4/h5-8,13H,9-12H2,1-4H3. The summed E-state index contributed by atoms with van der Waals surface area (Å²) in [4.78, 5) is 29.6. The highest BCUT2D eigenvalue weighted by atomic mass is 16.2. The molecular formula is C17H25N3O2. The zero-order chi connectivity index (χ0) is 16.3. The summed E-state index contributed by atoms with van der Waals surface area (Å²) in [6, 6.07) is 7.84. The summed E-state index contributed by atoms with van der Waals surface area (Å²) in [7, 11) is 3.49. The topological polar surface area (TPSA) is 43.9 Å². The van der Waals surface area contributed by atoms with Crippen LogP contribution in [0.2, 0.25) is 0 Å². The van der Waals surface area contributed by atoms with Gasteiger partial charge in [-0.15, -0.1) is 0 Å². The number of urea groups is 1. The van der Waals surface area contributed by atoms with E-state index in [1.807, 2.05) is 29.2 Å². The SMILES string of the molecule is CC(C)c1ccc(C(=O)N2CCN(C(=O)N(C)C)CC2)cc1. The zero-order valence-corrected chi connectivity index (χ0v) is 13.9. The van der Waals surface area contributed by atoms with Crippen LogP contribution in [0, 0.1) is 0 Å². The summed E-state index contributed by atoms with van der Waals surface area (Å²) in [6.45, 7) is 6.63. The van der Waals surface area contributed by atoms with Crippen LogP contribution in [0.3, 0.4) is 0 Å². The van der Waals surface area contributed by atoms with Gasteiger partial charge >= 0.3 is 6.03 Å². The maximum absolute atomic E-state index is 12.5. The van der Waals surface area contributed by atoms with Gasteiger partial charge in [-0.3, -0.25) is 4.79 Å². The van der Waals surface area contributed by atoms with Gasteiger partial charge < -0.3 is 14.7 Å². The summed E-state index contributed by atoms with van der Waals surface area (Å²) in [5.74, 6) is 0.511. The molecule has 1 heterocycles. The molecule has 22 heavy (non-hydrogen) atoms. The molecular weight excluding hydrogens is 278 g/mol. The molecule has 1 aliphatic rings. The number of piperazine rings is 1. The summed E-state index contributed by atoms with van der Waals surface area (Å²) in [6.07, 6.45) is 0. The number of carbonyl (C=O) groups excluding carboxylic acids is 2. The van der Waals surface area contributed by atoms with Gasteiger partial charge in [0.25, 0.3) is 5.91 Å². The first kappa shape index (κ1) is 16.3. The Labute approximate surface area is 132 Å². The predicted octanol–water partition coefficient (Wildman–Crippen LogP) is 2.25. The summed E-state index contributed by atoms with van der Waals surface area (Å²) in [5, 5.41) is 0. The molecule has 0 atom stereocenters. The molecule has 0 bridgehead atoms. The summed E-state index contributed by atoms with van der Waals surface area (Å²) >= 11 is 0.